The van der Waals surface area contributed by atoms with Crippen molar-refractivity contribution in [3.05, 3.63) is 106 Å². The first kappa shape index (κ1) is 25.4. The lowest BCUT2D eigenvalue weighted by molar-refractivity contribution is -0.141. The van der Waals surface area contributed by atoms with Crippen LogP contribution in [0, 0.1) is 5.82 Å². The minimum atomic E-state index is -0.708. The number of carbonyl (C=O) groups is 2. The molecule has 6 heteroatoms. The minimum absolute atomic E-state index is 0.0182. The molecule has 0 aliphatic carbocycles. The lowest BCUT2D eigenvalue weighted by Gasteiger charge is -2.32. The van der Waals surface area contributed by atoms with E-state index in [-0.39, 0.29) is 36.6 Å². The van der Waals surface area contributed by atoms with Crippen LogP contribution in [0.3, 0.4) is 0 Å². The van der Waals surface area contributed by atoms with Gasteiger partial charge in [-0.1, -0.05) is 73.1 Å². The minimum Gasteiger partial charge on any atom is -0.352 e. The molecule has 0 aliphatic rings. The summed E-state index contributed by atoms with van der Waals surface area (Å²) in [4.78, 5) is 28.6. The maximum Gasteiger partial charge on any atom is 0.243 e. The Morgan fingerprint density at radius 1 is 0.912 bits per heavy atom. The standard InChI is InChI=1S/C28H30ClFN2O2/c1-3-20(2)31-28(34)26(17-21-7-5-4-6-8-21)32(19-23-9-13-24(29)14-10-23)27(33)18-22-11-15-25(30)16-12-22/h4-16,20,26H,3,17-19H2,1-2H3,(H,31,34)/t20-,26-/m1/s1. The maximum absolute atomic E-state index is 13.6. The number of hydrogen-bond donors (Lipinski definition) is 1. The Hall–Kier alpha value is -3.18. The molecule has 0 radical (unpaired) electrons. The fraction of sp³-hybridized carbons (Fsp3) is 0.286. The summed E-state index contributed by atoms with van der Waals surface area (Å²) < 4.78 is 13.4. The van der Waals surface area contributed by atoms with Gasteiger partial charge in [-0.3, -0.25) is 9.59 Å². The molecular weight excluding hydrogens is 451 g/mol. The van der Waals surface area contributed by atoms with E-state index in [0.29, 0.717) is 17.0 Å². The van der Waals surface area contributed by atoms with E-state index in [0.717, 1.165) is 17.5 Å². The van der Waals surface area contributed by atoms with E-state index in [1.165, 1.54) is 12.1 Å². The molecule has 0 fully saturated rings. The molecule has 4 nitrogen and oxygen atoms in total. The number of nitrogens with one attached hydrogen (secondary N) is 1. The molecule has 3 aromatic carbocycles. The molecule has 0 aliphatic heterocycles. The van der Waals surface area contributed by atoms with Crippen molar-refractivity contribution in [3.8, 4) is 0 Å². The van der Waals surface area contributed by atoms with Crippen molar-refractivity contribution in [1.82, 2.24) is 10.2 Å². The number of halogens is 2. The second-order valence-corrected chi connectivity index (χ2v) is 8.91. The highest BCUT2D eigenvalue weighted by Crippen LogP contribution is 2.18. The van der Waals surface area contributed by atoms with Crippen LogP contribution in [0.15, 0.2) is 78.9 Å². The Morgan fingerprint density at radius 3 is 2.15 bits per heavy atom. The zero-order valence-corrected chi connectivity index (χ0v) is 20.3. The summed E-state index contributed by atoms with van der Waals surface area (Å²) in [5, 5.41) is 3.65. The topological polar surface area (TPSA) is 49.4 Å². The van der Waals surface area contributed by atoms with Gasteiger partial charge < -0.3 is 10.2 Å². The predicted octanol–water partition coefficient (Wildman–Crippen LogP) is 5.58. The van der Waals surface area contributed by atoms with Gasteiger partial charge in [-0.25, -0.2) is 4.39 Å². The van der Waals surface area contributed by atoms with Gasteiger partial charge in [-0.15, -0.1) is 0 Å². The zero-order chi connectivity index (χ0) is 24.5. The first-order chi connectivity index (χ1) is 16.4. The monoisotopic (exact) mass is 480 g/mol. The number of amides is 2. The maximum atomic E-state index is 13.6. The van der Waals surface area contributed by atoms with Crippen LogP contribution in [0.4, 0.5) is 4.39 Å². The van der Waals surface area contributed by atoms with Gasteiger partial charge in [0.2, 0.25) is 11.8 Å². The average Bonchev–Trinajstić information content (AvgIpc) is 2.84. The first-order valence-corrected chi connectivity index (χ1v) is 11.9. The van der Waals surface area contributed by atoms with Gasteiger partial charge in [0.25, 0.3) is 0 Å². The second-order valence-electron chi connectivity index (χ2n) is 8.47. The van der Waals surface area contributed by atoms with E-state index in [9.17, 15) is 14.0 Å². The van der Waals surface area contributed by atoms with Crippen molar-refractivity contribution in [1.29, 1.82) is 0 Å². The SMILES string of the molecule is CC[C@@H](C)NC(=O)[C@@H](Cc1ccccc1)N(Cc1ccc(Cl)cc1)C(=O)Cc1ccc(F)cc1. The van der Waals surface area contributed by atoms with Crippen LogP contribution in [0.2, 0.25) is 5.02 Å². The number of benzene rings is 3. The van der Waals surface area contributed by atoms with Crippen LogP contribution in [-0.4, -0.2) is 28.8 Å². The first-order valence-electron chi connectivity index (χ1n) is 11.5. The highest BCUT2D eigenvalue weighted by molar-refractivity contribution is 6.30. The van der Waals surface area contributed by atoms with Crippen molar-refractivity contribution < 1.29 is 14.0 Å². The molecule has 3 aromatic rings. The van der Waals surface area contributed by atoms with Crippen LogP contribution >= 0.6 is 11.6 Å². The molecule has 2 atom stereocenters. The molecule has 0 saturated heterocycles. The Balaban J connectivity index is 1.95. The third kappa shape index (κ3) is 7.42. The molecule has 0 unspecified atom stereocenters. The van der Waals surface area contributed by atoms with E-state index in [1.54, 1.807) is 29.2 Å². The van der Waals surface area contributed by atoms with Gasteiger partial charge in [0.05, 0.1) is 6.42 Å². The summed E-state index contributed by atoms with van der Waals surface area (Å²) in [5.41, 5.74) is 2.52. The molecule has 3 rings (SSSR count). The summed E-state index contributed by atoms with van der Waals surface area (Å²) in [5.74, 6) is -0.759. The number of carbonyl (C=O) groups excluding carboxylic acids is 2. The third-order valence-corrected chi connectivity index (χ3v) is 6.06. The summed E-state index contributed by atoms with van der Waals surface area (Å²) >= 11 is 6.05. The number of nitrogens with zero attached hydrogens (tertiary/aromatic N) is 1. The fourth-order valence-electron chi connectivity index (χ4n) is 3.66. The Kier molecular flexibility index (Phi) is 9.23. The van der Waals surface area contributed by atoms with E-state index in [4.69, 9.17) is 11.6 Å². The molecule has 0 saturated carbocycles. The van der Waals surface area contributed by atoms with Crippen LogP contribution in [-0.2, 0) is 29.0 Å². The van der Waals surface area contributed by atoms with Crippen LogP contribution in [0.1, 0.15) is 37.0 Å². The van der Waals surface area contributed by atoms with E-state index < -0.39 is 6.04 Å². The molecular formula is C28H30ClFN2O2. The van der Waals surface area contributed by atoms with E-state index in [1.807, 2.05) is 56.3 Å². The molecule has 0 spiro atoms. The number of hydrogen-bond acceptors (Lipinski definition) is 2. The Morgan fingerprint density at radius 2 is 1.53 bits per heavy atom. The van der Waals surface area contributed by atoms with E-state index in [2.05, 4.69) is 5.32 Å². The number of rotatable bonds is 10. The van der Waals surface area contributed by atoms with Gasteiger partial charge in [0, 0.05) is 24.0 Å². The van der Waals surface area contributed by atoms with Crippen molar-refractivity contribution in [2.45, 2.75) is 51.7 Å². The lowest BCUT2D eigenvalue weighted by atomic mass is 10.0. The molecule has 0 aromatic heterocycles. The summed E-state index contributed by atoms with van der Waals surface area (Å²) in [6, 6.07) is 22.0. The zero-order valence-electron chi connectivity index (χ0n) is 19.5. The van der Waals surface area contributed by atoms with Crippen LogP contribution in [0.5, 0.6) is 0 Å². The molecule has 178 valence electrons. The van der Waals surface area contributed by atoms with Gasteiger partial charge in [-0.05, 0) is 54.3 Å². The normalized spacial score (nSPS) is 12.6. The highest BCUT2D eigenvalue weighted by Gasteiger charge is 2.31. The van der Waals surface area contributed by atoms with Crippen molar-refractivity contribution in [2.24, 2.45) is 0 Å². The highest BCUT2D eigenvalue weighted by atomic mass is 35.5. The van der Waals surface area contributed by atoms with Crippen LogP contribution < -0.4 is 5.32 Å². The third-order valence-electron chi connectivity index (χ3n) is 5.81. The Bertz CT molecular complexity index is 1070. The largest absolute Gasteiger partial charge is 0.352 e. The molecule has 0 heterocycles. The van der Waals surface area contributed by atoms with Gasteiger partial charge in [0.15, 0.2) is 0 Å². The quantitative estimate of drug-likeness (QED) is 0.412. The van der Waals surface area contributed by atoms with Crippen LogP contribution in [0.25, 0.3) is 0 Å². The molecule has 34 heavy (non-hydrogen) atoms. The van der Waals surface area contributed by atoms with Gasteiger partial charge >= 0.3 is 0 Å². The smallest absolute Gasteiger partial charge is 0.243 e. The van der Waals surface area contributed by atoms with Gasteiger partial charge in [-0.2, -0.15) is 0 Å². The van der Waals surface area contributed by atoms with Crippen molar-refractivity contribution in [3.63, 3.8) is 0 Å². The average molecular weight is 481 g/mol. The van der Waals surface area contributed by atoms with Gasteiger partial charge in [0.1, 0.15) is 11.9 Å². The Labute approximate surface area is 205 Å². The second kappa shape index (κ2) is 12.3. The van der Waals surface area contributed by atoms with E-state index >= 15 is 0 Å². The molecule has 0 bridgehead atoms. The summed E-state index contributed by atoms with van der Waals surface area (Å²) in [7, 11) is 0. The fourth-order valence-corrected chi connectivity index (χ4v) is 3.79. The predicted molar refractivity (Wildman–Crippen MR) is 134 cm³/mol. The van der Waals surface area contributed by atoms with Crippen molar-refractivity contribution >= 4 is 23.4 Å². The van der Waals surface area contributed by atoms with Crippen molar-refractivity contribution in [2.75, 3.05) is 0 Å². The summed E-state index contributed by atoms with van der Waals surface area (Å²) in [6.07, 6.45) is 1.23. The molecule has 1 N–H and O–H groups in total. The molecule has 2 amide bonds. The lowest BCUT2D eigenvalue weighted by Crippen LogP contribution is -2.52. The summed E-state index contributed by atoms with van der Waals surface area (Å²) in [6.45, 7) is 4.20.